The predicted molar refractivity (Wildman–Crippen MR) is 57.5 cm³/mol. The summed E-state index contributed by atoms with van der Waals surface area (Å²) in [5, 5.41) is 35.0. The molecule has 10 nitrogen and oxygen atoms in total. The molecule has 0 aromatic carbocycles. The molecule has 0 radical (unpaired) electrons. The lowest BCUT2D eigenvalue weighted by Crippen LogP contribution is -2.06. The topological polar surface area (TPSA) is 172 Å². The summed E-state index contributed by atoms with van der Waals surface area (Å²) in [5.41, 5.74) is 0. The Bertz CT molecular complexity index is 720. The zero-order chi connectivity index (χ0) is 14.5. The molecule has 0 spiro atoms. The molecule has 0 unspecified atom stereocenters. The Balaban J connectivity index is 2.70. The molecule has 0 amide bonds. The first-order chi connectivity index (χ1) is 9.69. The van der Waals surface area contributed by atoms with Gasteiger partial charge >= 0.3 is 0 Å². The minimum Gasteiger partial charge on any atom is -0.195 e. The number of aromatic nitrogens is 6. The van der Waals surface area contributed by atoms with Crippen LogP contribution in [-0.4, -0.2) is 29.9 Å². The van der Waals surface area contributed by atoms with Crippen molar-refractivity contribution in [2.45, 2.75) is 0 Å². The number of rotatable bonds is 1. The molecule has 0 aliphatic rings. The van der Waals surface area contributed by atoms with Gasteiger partial charge in [0.05, 0.1) is 0 Å². The van der Waals surface area contributed by atoms with Gasteiger partial charge in [-0.1, -0.05) is 0 Å². The maximum Gasteiger partial charge on any atom is 0.237 e. The van der Waals surface area contributed by atoms with Crippen LogP contribution in [0.2, 0.25) is 0 Å². The third-order valence-corrected chi connectivity index (χ3v) is 1.87. The van der Waals surface area contributed by atoms with Crippen molar-refractivity contribution in [3.05, 3.63) is 23.3 Å². The summed E-state index contributed by atoms with van der Waals surface area (Å²) < 4.78 is 0. The lowest BCUT2D eigenvalue weighted by atomic mass is 10.4. The van der Waals surface area contributed by atoms with Gasteiger partial charge in [0.15, 0.2) is 0 Å². The van der Waals surface area contributed by atoms with Gasteiger partial charge in [0, 0.05) is 0 Å². The normalized spacial score (nSPS) is 8.80. The van der Waals surface area contributed by atoms with Crippen molar-refractivity contribution < 1.29 is 0 Å². The number of hydrogen-bond donors (Lipinski definition) is 0. The van der Waals surface area contributed by atoms with E-state index in [2.05, 4.69) is 29.9 Å². The highest BCUT2D eigenvalue weighted by Gasteiger charge is 2.14. The average molecular weight is 260 g/mol. The Hall–Kier alpha value is -4.02. The molecule has 2 aromatic rings. The fourth-order valence-electron chi connectivity index (χ4n) is 1.15. The second kappa shape index (κ2) is 5.09. The van der Waals surface area contributed by atoms with Crippen LogP contribution in [0.25, 0.3) is 11.6 Å². The fourth-order valence-corrected chi connectivity index (χ4v) is 1.15. The van der Waals surface area contributed by atoms with Crippen LogP contribution in [0.15, 0.2) is 0 Å². The Morgan fingerprint density at radius 1 is 0.450 bits per heavy atom. The van der Waals surface area contributed by atoms with Crippen LogP contribution in [0.3, 0.4) is 0 Å². The molecule has 90 valence electrons. The van der Waals surface area contributed by atoms with E-state index in [4.69, 9.17) is 21.0 Å². The van der Waals surface area contributed by atoms with E-state index in [-0.39, 0.29) is 34.9 Å². The first-order valence-electron chi connectivity index (χ1n) is 4.83. The summed E-state index contributed by atoms with van der Waals surface area (Å²) in [6, 6.07) is 6.62. The van der Waals surface area contributed by atoms with E-state index < -0.39 is 0 Å². The molecule has 20 heavy (non-hydrogen) atoms. The van der Waals surface area contributed by atoms with Crippen LogP contribution in [0.4, 0.5) is 0 Å². The standard InChI is InChI=1S/C10N10/c11-1-5-15-6(2-12)18-9(17-5)10-19-7(3-13)16-8(4-14)20-10. The van der Waals surface area contributed by atoms with Crippen LogP contribution in [0.1, 0.15) is 23.3 Å². The van der Waals surface area contributed by atoms with Crippen molar-refractivity contribution in [2.24, 2.45) is 0 Å². The maximum atomic E-state index is 8.76. The zero-order valence-corrected chi connectivity index (χ0v) is 9.47. The highest BCUT2D eigenvalue weighted by Crippen LogP contribution is 2.09. The van der Waals surface area contributed by atoms with Gasteiger partial charge in [0.2, 0.25) is 34.9 Å². The predicted octanol–water partition coefficient (Wildman–Crippen LogP) is -0.790. The minimum absolute atomic E-state index is 0.191. The molecule has 0 saturated heterocycles. The van der Waals surface area contributed by atoms with Gasteiger partial charge in [-0.2, -0.15) is 51.0 Å². The molecular formula is C10N10. The van der Waals surface area contributed by atoms with Gasteiger partial charge in [-0.05, 0) is 0 Å². The minimum atomic E-state index is -0.302. The van der Waals surface area contributed by atoms with Crippen molar-refractivity contribution in [2.75, 3.05) is 0 Å². The van der Waals surface area contributed by atoms with Crippen molar-refractivity contribution in [3.63, 3.8) is 0 Å². The molecule has 0 fully saturated rings. The van der Waals surface area contributed by atoms with Gasteiger partial charge in [0.25, 0.3) is 0 Å². The quantitative estimate of drug-likeness (QED) is 0.631. The van der Waals surface area contributed by atoms with Gasteiger partial charge in [0.1, 0.15) is 24.3 Å². The monoisotopic (exact) mass is 260 g/mol. The van der Waals surface area contributed by atoms with Crippen molar-refractivity contribution >= 4 is 0 Å². The summed E-state index contributed by atoms with van der Waals surface area (Å²) >= 11 is 0. The van der Waals surface area contributed by atoms with E-state index in [0.717, 1.165) is 0 Å². The molecular weight excluding hydrogens is 260 g/mol. The lowest BCUT2D eigenvalue weighted by Gasteiger charge is -1.99. The molecule has 0 saturated carbocycles. The van der Waals surface area contributed by atoms with Crippen LogP contribution in [0, 0.1) is 45.3 Å². The van der Waals surface area contributed by atoms with Gasteiger partial charge in [-0.3, -0.25) is 0 Å². The van der Waals surface area contributed by atoms with Crippen molar-refractivity contribution in [3.8, 4) is 35.9 Å². The van der Waals surface area contributed by atoms with Crippen LogP contribution >= 0.6 is 0 Å². The molecule has 0 atom stereocenters. The van der Waals surface area contributed by atoms with E-state index in [0.29, 0.717) is 0 Å². The van der Waals surface area contributed by atoms with Crippen LogP contribution in [0.5, 0.6) is 0 Å². The van der Waals surface area contributed by atoms with Gasteiger partial charge in [-0.25, -0.2) is 0 Å². The average Bonchev–Trinajstić information content (AvgIpc) is 2.53. The largest absolute Gasteiger partial charge is 0.237 e. The first-order valence-corrected chi connectivity index (χ1v) is 4.83. The Morgan fingerprint density at radius 3 is 0.900 bits per heavy atom. The van der Waals surface area contributed by atoms with E-state index in [1.165, 1.54) is 0 Å². The molecule has 0 bridgehead atoms. The smallest absolute Gasteiger partial charge is 0.195 e. The third kappa shape index (κ3) is 2.30. The summed E-state index contributed by atoms with van der Waals surface area (Å²) in [6.07, 6.45) is 0. The second-order valence-electron chi connectivity index (χ2n) is 3.06. The second-order valence-corrected chi connectivity index (χ2v) is 3.06. The van der Waals surface area contributed by atoms with E-state index >= 15 is 0 Å². The fraction of sp³-hybridized carbons (Fsp3) is 0. The Kier molecular flexibility index (Phi) is 3.17. The number of nitriles is 4. The Morgan fingerprint density at radius 2 is 0.700 bits per heavy atom. The highest BCUT2D eigenvalue weighted by atomic mass is 15.1. The molecule has 0 aliphatic heterocycles. The molecule has 0 aliphatic carbocycles. The first kappa shape index (κ1) is 12.4. The SMILES string of the molecule is N#Cc1nc(C#N)nc(-c2nc(C#N)nc(C#N)n2)n1. The molecule has 0 N–H and O–H groups in total. The van der Waals surface area contributed by atoms with E-state index in [1.807, 2.05) is 0 Å². The maximum absolute atomic E-state index is 8.76. The third-order valence-electron chi connectivity index (χ3n) is 1.87. The summed E-state index contributed by atoms with van der Waals surface area (Å²) in [5.74, 6) is -1.59. The van der Waals surface area contributed by atoms with Crippen molar-refractivity contribution in [1.82, 2.24) is 29.9 Å². The molecule has 2 aromatic heterocycles. The molecule has 2 heterocycles. The number of nitrogens with zero attached hydrogens (tertiary/aromatic N) is 10. The van der Waals surface area contributed by atoms with E-state index in [1.54, 1.807) is 24.3 Å². The Labute approximate surface area is 111 Å². The summed E-state index contributed by atoms with van der Waals surface area (Å²) in [4.78, 5) is 21.9. The molecule has 10 heteroatoms. The molecule has 2 rings (SSSR count). The summed E-state index contributed by atoms with van der Waals surface area (Å²) in [7, 11) is 0. The van der Waals surface area contributed by atoms with Crippen LogP contribution in [-0.2, 0) is 0 Å². The van der Waals surface area contributed by atoms with Gasteiger partial charge < -0.3 is 0 Å². The van der Waals surface area contributed by atoms with E-state index in [9.17, 15) is 0 Å². The van der Waals surface area contributed by atoms with Crippen molar-refractivity contribution in [1.29, 1.82) is 21.0 Å². The zero-order valence-electron chi connectivity index (χ0n) is 9.47. The highest BCUT2D eigenvalue weighted by molar-refractivity contribution is 5.46. The lowest BCUT2D eigenvalue weighted by molar-refractivity contribution is 0.935. The summed E-state index contributed by atoms with van der Waals surface area (Å²) in [6.45, 7) is 0. The van der Waals surface area contributed by atoms with Gasteiger partial charge in [-0.15, -0.1) is 0 Å². The van der Waals surface area contributed by atoms with Crippen LogP contribution < -0.4 is 0 Å². The number of hydrogen-bond acceptors (Lipinski definition) is 10.